The van der Waals surface area contributed by atoms with Crippen molar-refractivity contribution in [3.63, 3.8) is 0 Å². The van der Waals surface area contributed by atoms with Gasteiger partial charge in [-0.25, -0.2) is 0 Å². The van der Waals surface area contributed by atoms with E-state index >= 15 is 0 Å². The number of aromatic nitrogens is 1. The Labute approximate surface area is 210 Å². The predicted molar refractivity (Wildman–Crippen MR) is 141 cm³/mol. The van der Waals surface area contributed by atoms with Gasteiger partial charge in [-0.05, 0) is 36.1 Å². The van der Waals surface area contributed by atoms with Gasteiger partial charge in [-0.1, -0.05) is 44.2 Å². The Morgan fingerprint density at radius 3 is 2.54 bits per heavy atom. The molecule has 0 spiro atoms. The SMILES string of the molecule is CC(C)C(NC(=O)C(CO)Nc1cccc(C(=N)N)c1)C(=O)NCCc1c[nH]c2ccccc12.Cl. The van der Waals surface area contributed by atoms with E-state index in [4.69, 9.17) is 11.1 Å². The van der Waals surface area contributed by atoms with E-state index in [0.29, 0.717) is 24.2 Å². The zero-order chi connectivity index (χ0) is 24.7. The molecule has 3 rings (SSSR count). The molecule has 2 amide bonds. The number of carbonyl (C=O) groups excluding carboxylic acids is 2. The summed E-state index contributed by atoms with van der Waals surface area (Å²) in [7, 11) is 0. The highest BCUT2D eigenvalue weighted by Gasteiger charge is 2.27. The Hall–Kier alpha value is -3.56. The van der Waals surface area contributed by atoms with Crippen LogP contribution in [-0.2, 0) is 16.0 Å². The molecule has 0 aliphatic heterocycles. The zero-order valence-corrected chi connectivity index (χ0v) is 20.6. The molecule has 0 aliphatic carbocycles. The standard InChI is InChI=1S/C25H32N6O3.ClH/c1-15(2)22(25(34)28-11-10-17-13-29-20-9-4-3-8-19(17)20)31-24(33)21(14-32)30-18-7-5-6-16(12-18)23(26)27;/h3-9,12-13,15,21-22,29-30,32H,10-11,14H2,1-2H3,(H3,26,27)(H,28,34)(H,31,33);1H. The summed E-state index contributed by atoms with van der Waals surface area (Å²) in [6.07, 6.45) is 2.60. The second-order valence-corrected chi connectivity index (χ2v) is 8.50. The first kappa shape index (κ1) is 27.7. The maximum Gasteiger partial charge on any atom is 0.245 e. The first-order valence-corrected chi connectivity index (χ1v) is 11.2. The second-order valence-electron chi connectivity index (χ2n) is 8.50. The molecule has 1 aromatic heterocycles. The fourth-order valence-electron chi connectivity index (χ4n) is 3.73. The number of aromatic amines is 1. The fraction of sp³-hybridized carbons (Fsp3) is 0.320. The number of hydrogen-bond donors (Lipinski definition) is 7. The summed E-state index contributed by atoms with van der Waals surface area (Å²) in [5, 5.41) is 27.0. The number of rotatable bonds is 11. The number of H-pyrrole nitrogens is 1. The van der Waals surface area contributed by atoms with Crippen molar-refractivity contribution in [1.82, 2.24) is 15.6 Å². The Balaban J connectivity index is 0.00000432. The Morgan fingerprint density at radius 2 is 1.86 bits per heavy atom. The maximum atomic E-state index is 12.8. The van der Waals surface area contributed by atoms with Crippen LogP contribution in [-0.4, -0.2) is 53.0 Å². The molecule has 188 valence electrons. The molecule has 2 aromatic carbocycles. The summed E-state index contributed by atoms with van der Waals surface area (Å²) in [6, 6.07) is 13.0. The van der Waals surface area contributed by atoms with Crippen molar-refractivity contribution in [3.05, 3.63) is 65.9 Å². The predicted octanol–water partition coefficient (Wildman–Crippen LogP) is 2.15. The molecule has 0 aliphatic rings. The average molecular weight is 501 g/mol. The molecule has 8 N–H and O–H groups in total. The molecule has 10 heteroatoms. The quantitative estimate of drug-likeness (QED) is 0.159. The normalized spacial score (nSPS) is 12.5. The molecule has 9 nitrogen and oxygen atoms in total. The van der Waals surface area contributed by atoms with E-state index in [-0.39, 0.29) is 30.1 Å². The Morgan fingerprint density at radius 1 is 1.11 bits per heavy atom. The molecular formula is C25H33ClN6O3. The van der Waals surface area contributed by atoms with Crippen molar-refractivity contribution in [1.29, 1.82) is 5.41 Å². The topological polar surface area (TPSA) is 156 Å². The molecule has 2 atom stereocenters. The Kier molecular flexibility index (Phi) is 10.1. The molecule has 0 fully saturated rings. The molecule has 0 saturated heterocycles. The summed E-state index contributed by atoms with van der Waals surface area (Å²) in [6.45, 7) is 3.66. The van der Waals surface area contributed by atoms with Crippen molar-refractivity contribution >= 4 is 46.6 Å². The van der Waals surface area contributed by atoms with Crippen LogP contribution in [0.25, 0.3) is 10.9 Å². The van der Waals surface area contributed by atoms with E-state index in [0.717, 1.165) is 16.5 Å². The smallest absolute Gasteiger partial charge is 0.245 e. The number of aliphatic hydroxyl groups excluding tert-OH is 1. The van der Waals surface area contributed by atoms with E-state index in [9.17, 15) is 14.7 Å². The van der Waals surface area contributed by atoms with Crippen molar-refractivity contribution in [3.8, 4) is 0 Å². The van der Waals surface area contributed by atoms with Crippen LogP contribution in [0.2, 0.25) is 0 Å². The molecule has 0 bridgehead atoms. The summed E-state index contributed by atoms with van der Waals surface area (Å²) in [5.41, 5.74) is 8.71. The average Bonchev–Trinajstić information content (AvgIpc) is 3.23. The second kappa shape index (κ2) is 12.8. The summed E-state index contributed by atoms with van der Waals surface area (Å²) in [5.74, 6) is -1.03. The lowest BCUT2D eigenvalue weighted by Gasteiger charge is -2.25. The van der Waals surface area contributed by atoms with Crippen LogP contribution in [0.4, 0.5) is 5.69 Å². The van der Waals surface area contributed by atoms with Gasteiger partial charge in [-0.2, -0.15) is 0 Å². The molecule has 3 aromatic rings. The largest absolute Gasteiger partial charge is 0.394 e. The minimum Gasteiger partial charge on any atom is -0.394 e. The van der Waals surface area contributed by atoms with E-state index in [1.165, 1.54) is 0 Å². The van der Waals surface area contributed by atoms with Crippen molar-refractivity contribution in [2.75, 3.05) is 18.5 Å². The van der Waals surface area contributed by atoms with E-state index in [1.807, 2.05) is 44.3 Å². The number of nitrogens with two attached hydrogens (primary N) is 1. The van der Waals surface area contributed by atoms with Crippen LogP contribution in [0.3, 0.4) is 0 Å². The van der Waals surface area contributed by atoms with Crippen LogP contribution in [0.15, 0.2) is 54.7 Å². The molecule has 0 radical (unpaired) electrons. The van der Waals surface area contributed by atoms with Crippen LogP contribution in [0.1, 0.15) is 25.0 Å². The van der Waals surface area contributed by atoms with Gasteiger partial charge in [0.25, 0.3) is 0 Å². The number of para-hydroxylation sites is 1. The lowest BCUT2D eigenvalue weighted by Crippen LogP contribution is -2.54. The fourth-order valence-corrected chi connectivity index (χ4v) is 3.73. The minimum atomic E-state index is -0.970. The number of carbonyl (C=O) groups is 2. The molecular weight excluding hydrogens is 468 g/mol. The number of benzene rings is 2. The van der Waals surface area contributed by atoms with Gasteiger partial charge in [0, 0.05) is 34.9 Å². The first-order valence-electron chi connectivity index (χ1n) is 11.2. The van der Waals surface area contributed by atoms with Gasteiger partial charge < -0.3 is 31.8 Å². The van der Waals surface area contributed by atoms with Crippen LogP contribution in [0, 0.1) is 11.3 Å². The number of halogens is 1. The maximum absolute atomic E-state index is 12.8. The number of nitrogens with one attached hydrogen (secondary N) is 5. The van der Waals surface area contributed by atoms with E-state index < -0.39 is 24.6 Å². The van der Waals surface area contributed by atoms with Crippen LogP contribution < -0.4 is 21.7 Å². The number of anilines is 1. The van der Waals surface area contributed by atoms with Gasteiger partial charge in [0.05, 0.1) is 6.61 Å². The number of amides is 2. The van der Waals surface area contributed by atoms with Crippen LogP contribution in [0.5, 0.6) is 0 Å². The van der Waals surface area contributed by atoms with Gasteiger partial charge in [-0.15, -0.1) is 12.4 Å². The van der Waals surface area contributed by atoms with E-state index in [2.05, 4.69) is 20.9 Å². The number of nitrogen functional groups attached to an aromatic ring is 1. The summed E-state index contributed by atoms with van der Waals surface area (Å²) < 4.78 is 0. The third-order valence-corrected chi connectivity index (χ3v) is 5.63. The number of hydrogen-bond acceptors (Lipinski definition) is 5. The highest BCUT2D eigenvalue weighted by Crippen LogP contribution is 2.18. The Bertz CT molecular complexity index is 1160. The third kappa shape index (κ3) is 7.21. The van der Waals surface area contributed by atoms with Gasteiger partial charge in [0.15, 0.2) is 0 Å². The van der Waals surface area contributed by atoms with Crippen molar-refractivity contribution in [2.45, 2.75) is 32.4 Å². The first-order chi connectivity index (χ1) is 16.3. The van der Waals surface area contributed by atoms with Gasteiger partial charge in [0.1, 0.15) is 17.9 Å². The van der Waals surface area contributed by atoms with Gasteiger partial charge in [0.2, 0.25) is 11.8 Å². The lowest BCUT2D eigenvalue weighted by atomic mass is 10.0. The number of amidine groups is 1. The van der Waals surface area contributed by atoms with Crippen molar-refractivity contribution in [2.24, 2.45) is 11.7 Å². The highest BCUT2D eigenvalue weighted by atomic mass is 35.5. The number of fused-ring (bicyclic) bond motifs is 1. The summed E-state index contributed by atoms with van der Waals surface area (Å²) >= 11 is 0. The monoisotopic (exact) mass is 500 g/mol. The zero-order valence-electron chi connectivity index (χ0n) is 19.8. The number of aliphatic hydroxyl groups is 1. The minimum absolute atomic E-state index is 0. The highest BCUT2D eigenvalue weighted by molar-refractivity contribution is 5.96. The van der Waals surface area contributed by atoms with Gasteiger partial charge >= 0.3 is 0 Å². The van der Waals surface area contributed by atoms with Crippen molar-refractivity contribution < 1.29 is 14.7 Å². The van der Waals surface area contributed by atoms with Crippen LogP contribution >= 0.6 is 12.4 Å². The van der Waals surface area contributed by atoms with Gasteiger partial charge in [-0.3, -0.25) is 15.0 Å². The molecule has 0 saturated carbocycles. The lowest BCUT2D eigenvalue weighted by molar-refractivity contribution is -0.130. The summed E-state index contributed by atoms with van der Waals surface area (Å²) in [4.78, 5) is 28.9. The molecule has 35 heavy (non-hydrogen) atoms. The van der Waals surface area contributed by atoms with E-state index in [1.54, 1.807) is 24.3 Å². The molecule has 1 heterocycles. The third-order valence-electron chi connectivity index (χ3n) is 5.63. The molecule has 2 unspecified atom stereocenters.